The van der Waals surface area contributed by atoms with Crippen LogP contribution in [0.4, 0.5) is 0 Å². The molecule has 0 radical (unpaired) electrons. The van der Waals surface area contributed by atoms with E-state index in [-0.39, 0.29) is 17.0 Å². The van der Waals surface area contributed by atoms with Gasteiger partial charge in [0.1, 0.15) is 11.3 Å². The van der Waals surface area contributed by atoms with E-state index in [1.54, 1.807) is 24.3 Å². The van der Waals surface area contributed by atoms with Crippen LogP contribution in [0.1, 0.15) is 27.8 Å². The van der Waals surface area contributed by atoms with E-state index in [4.69, 9.17) is 16.7 Å². The van der Waals surface area contributed by atoms with Gasteiger partial charge >= 0.3 is 5.97 Å². The third-order valence-corrected chi connectivity index (χ3v) is 2.66. The molecule has 0 saturated heterocycles. The molecule has 0 aliphatic heterocycles. The summed E-state index contributed by atoms with van der Waals surface area (Å²) in [5.41, 5.74) is 0.513. The predicted molar refractivity (Wildman–Crippen MR) is 65.5 cm³/mol. The van der Waals surface area contributed by atoms with Crippen LogP contribution in [0.2, 0.25) is 5.02 Å². The fourth-order valence-corrected chi connectivity index (χ4v) is 1.75. The molecule has 2 aromatic rings. The van der Waals surface area contributed by atoms with E-state index in [2.05, 4.69) is 5.10 Å². The summed E-state index contributed by atoms with van der Waals surface area (Å²) < 4.78 is 1.29. The molecule has 0 aliphatic carbocycles. The third kappa shape index (κ3) is 2.12. The van der Waals surface area contributed by atoms with Gasteiger partial charge in [-0.15, -0.1) is 0 Å². The lowest BCUT2D eigenvalue weighted by atomic mass is 10.2. The van der Waals surface area contributed by atoms with Crippen LogP contribution in [0.3, 0.4) is 0 Å². The van der Waals surface area contributed by atoms with Crippen molar-refractivity contribution in [3.63, 3.8) is 0 Å². The van der Waals surface area contributed by atoms with Gasteiger partial charge in [-0.25, -0.2) is 9.48 Å². The highest BCUT2D eigenvalue weighted by atomic mass is 35.5. The topological polar surface area (TPSA) is 72.2 Å². The van der Waals surface area contributed by atoms with Gasteiger partial charge in [0.25, 0.3) is 0 Å². The minimum absolute atomic E-state index is 0.0461. The second-order valence-electron chi connectivity index (χ2n) is 3.66. The fourth-order valence-electron chi connectivity index (χ4n) is 1.62. The summed E-state index contributed by atoms with van der Waals surface area (Å²) in [4.78, 5) is 22.5. The number of nitrogens with zero attached hydrogens (tertiary/aromatic N) is 2. The van der Waals surface area contributed by atoms with Crippen LogP contribution in [0.25, 0.3) is 5.69 Å². The van der Waals surface area contributed by atoms with E-state index < -0.39 is 5.97 Å². The van der Waals surface area contributed by atoms with Crippen LogP contribution in [0.15, 0.2) is 30.5 Å². The van der Waals surface area contributed by atoms with Crippen LogP contribution in [0.5, 0.6) is 0 Å². The Balaban J connectivity index is 2.61. The Morgan fingerprint density at radius 2 is 1.89 bits per heavy atom. The fraction of sp³-hybridized carbons (Fsp3) is 0.0833. The van der Waals surface area contributed by atoms with E-state index in [9.17, 15) is 9.59 Å². The highest BCUT2D eigenvalue weighted by Crippen LogP contribution is 2.18. The Bertz CT molecular complexity index is 617. The summed E-state index contributed by atoms with van der Waals surface area (Å²) in [6, 6.07) is 6.60. The van der Waals surface area contributed by atoms with Crippen LogP contribution >= 0.6 is 11.6 Å². The summed E-state index contributed by atoms with van der Waals surface area (Å²) in [5, 5.41) is 13.5. The molecule has 0 atom stereocenters. The number of aromatic carboxylic acids is 1. The molecular formula is C12H9ClN2O3. The van der Waals surface area contributed by atoms with Gasteiger partial charge in [-0.2, -0.15) is 5.10 Å². The normalized spacial score (nSPS) is 10.3. The molecule has 1 heterocycles. The molecule has 0 fully saturated rings. The average molecular weight is 265 g/mol. The second-order valence-corrected chi connectivity index (χ2v) is 4.09. The monoisotopic (exact) mass is 264 g/mol. The van der Waals surface area contributed by atoms with Crippen molar-refractivity contribution in [2.75, 3.05) is 0 Å². The van der Waals surface area contributed by atoms with Crippen molar-refractivity contribution < 1.29 is 14.7 Å². The van der Waals surface area contributed by atoms with Crippen molar-refractivity contribution in [3.05, 3.63) is 46.7 Å². The number of carboxylic acids is 1. The molecule has 18 heavy (non-hydrogen) atoms. The van der Waals surface area contributed by atoms with Gasteiger partial charge in [0.05, 0.1) is 11.9 Å². The average Bonchev–Trinajstić information content (AvgIpc) is 2.74. The lowest BCUT2D eigenvalue weighted by molar-refractivity contribution is 0.0692. The lowest BCUT2D eigenvalue weighted by Gasteiger charge is -2.05. The lowest BCUT2D eigenvalue weighted by Crippen LogP contribution is -2.10. The number of ketones is 1. The molecule has 0 unspecified atom stereocenters. The minimum Gasteiger partial charge on any atom is -0.478 e. The maximum atomic E-state index is 11.5. The number of carbonyl (C=O) groups excluding carboxylic acids is 1. The zero-order valence-corrected chi connectivity index (χ0v) is 10.2. The van der Waals surface area contributed by atoms with Crippen molar-refractivity contribution in [1.82, 2.24) is 9.78 Å². The number of aromatic nitrogens is 2. The summed E-state index contributed by atoms with van der Waals surface area (Å²) in [6.07, 6.45) is 1.16. The van der Waals surface area contributed by atoms with Gasteiger partial charge in [0.15, 0.2) is 5.78 Å². The molecular weight excluding hydrogens is 256 g/mol. The molecule has 5 nitrogen and oxygen atoms in total. The van der Waals surface area contributed by atoms with Gasteiger partial charge in [0, 0.05) is 11.9 Å². The number of Topliss-reactive ketones (excluding diaryl/α,β-unsaturated/α-hetero) is 1. The van der Waals surface area contributed by atoms with Crippen LogP contribution in [-0.4, -0.2) is 26.6 Å². The van der Waals surface area contributed by atoms with Gasteiger partial charge in [0.2, 0.25) is 0 Å². The highest BCUT2D eigenvalue weighted by Gasteiger charge is 2.20. The summed E-state index contributed by atoms with van der Waals surface area (Å²) >= 11 is 5.77. The molecule has 1 N–H and O–H groups in total. The molecule has 2 rings (SSSR count). The Hall–Kier alpha value is -2.14. The number of carbonyl (C=O) groups is 2. The van der Waals surface area contributed by atoms with E-state index in [1.165, 1.54) is 11.6 Å². The Kier molecular flexibility index (Phi) is 3.16. The number of halogens is 1. The molecule has 1 aromatic heterocycles. The van der Waals surface area contributed by atoms with Crippen LogP contribution in [-0.2, 0) is 0 Å². The predicted octanol–water partition coefficient (Wildman–Crippen LogP) is 2.43. The number of carboxylic acid groups (broad SMARTS) is 1. The molecule has 0 aliphatic rings. The first-order valence-electron chi connectivity index (χ1n) is 5.09. The minimum atomic E-state index is -1.18. The standard InChI is InChI=1S/C12H9ClN2O3/c1-7(16)11-10(12(17)18)6-14-15(11)9-4-2-8(13)3-5-9/h2-6H,1H3,(H,17,18). The molecule has 0 bridgehead atoms. The Labute approximate surface area is 108 Å². The summed E-state index contributed by atoms with van der Waals surface area (Å²) in [6.45, 7) is 1.30. The van der Waals surface area contributed by atoms with E-state index in [0.717, 1.165) is 6.20 Å². The van der Waals surface area contributed by atoms with E-state index in [1.807, 2.05) is 0 Å². The first-order valence-corrected chi connectivity index (χ1v) is 5.46. The van der Waals surface area contributed by atoms with Crippen molar-refractivity contribution in [2.24, 2.45) is 0 Å². The van der Waals surface area contributed by atoms with Crippen molar-refractivity contribution >= 4 is 23.4 Å². The number of rotatable bonds is 3. The Morgan fingerprint density at radius 1 is 1.28 bits per heavy atom. The number of benzene rings is 1. The molecule has 6 heteroatoms. The Morgan fingerprint density at radius 3 is 2.39 bits per heavy atom. The molecule has 0 amide bonds. The van der Waals surface area contributed by atoms with Gasteiger partial charge in [-0.3, -0.25) is 4.79 Å². The zero-order chi connectivity index (χ0) is 13.3. The number of hydrogen-bond donors (Lipinski definition) is 1. The quantitative estimate of drug-likeness (QED) is 0.864. The van der Waals surface area contributed by atoms with Crippen LogP contribution < -0.4 is 0 Å². The van der Waals surface area contributed by atoms with Gasteiger partial charge in [-0.1, -0.05) is 11.6 Å². The maximum absolute atomic E-state index is 11.5. The van der Waals surface area contributed by atoms with Crippen molar-refractivity contribution in [3.8, 4) is 5.69 Å². The SMILES string of the molecule is CC(=O)c1c(C(=O)O)cnn1-c1ccc(Cl)cc1. The molecule has 0 saturated carbocycles. The van der Waals surface area contributed by atoms with Gasteiger partial charge in [-0.05, 0) is 24.3 Å². The smallest absolute Gasteiger partial charge is 0.339 e. The molecule has 0 spiro atoms. The highest BCUT2D eigenvalue weighted by molar-refractivity contribution is 6.30. The third-order valence-electron chi connectivity index (χ3n) is 2.40. The first kappa shape index (κ1) is 12.3. The largest absolute Gasteiger partial charge is 0.478 e. The number of hydrogen-bond acceptors (Lipinski definition) is 3. The van der Waals surface area contributed by atoms with Gasteiger partial charge < -0.3 is 5.11 Å². The summed E-state index contributed by atoms with van der Waals surface area (Å²) in [5.74, 6) is -1.54. The zero-order valence-electron chi connectivity index (χ0n) is 9.42. The second kappa shape index (κ2) is 4.62. The maximum Gasteiger partial charge on any atom is 0.339 e. The first-order chi connectivity index (χ1) is 8.50. The van der Waals surface area contributed by atoms with E-state index in [0.29, 0.717) is 10.7 Å². The van der Waals surface area contributed by atoms with E-state index >= 15 is 0 Å². The van der Waals surface area contributed by atoms with Crippen molar-refractivity contribution in [2.45, 2.75) is 6.92 Å². The molecule has 92 valence electrons. The molecule has 1 aromatic carbocycles. The van der Waals surface area contributed by atoms with Crippen LogP contribution in [0, 0.1) is 0 Å². The summed E-state index contributed by atoms with van der Waals surface area (Å²) in [7, 11) is 0. The van der Waals surface area contributed by atoms with Crippen molar-refractivity contribution in [1.29, 1.82) is 0 Å².